The van der Waals surface area contributed by atoms with E-state index >= 15 is 0 Å². The molecular formula is C14H19NO2S. The molecule has 4 heteroatoms. The Morgan fingerprint density at radius 2 is 2.28 bits per heavy atom. The Morgan fingerprint density at radius 1 is 1.56 bits per heavy atom. The molecule has 2 N–H and O–H groups in total. The van der Waals surface area contributed by atoms with E-state index in [4.69, 9.17) is 5.11 Å². The van der Waals surface area contributed by atoms with Crippen LogP contribution >= 0.6 is 11.3 Å². The summed E-state index contributed by atoms with van der Waals surface area (Å²) in [5, 5.41) is 12.5. The Bertz CT molecular complexity index is 472. The minimum atomic E-state index is -0.814. The molecule has 2 fully saturated rings. The Morgan fingerprint density at radius 3 is 2.78 bits per heavy atom. The molecule has 0 aromatic carbocycles. The van der Waals surface area contributed by atoms with E-state index in [1.54, 1.807) is 0 Å². The summed E-state index contributed by atoms with van der Waals surface area (Å²) in [6, 6.07) is 1.81. The van der Waals surface area contributed by atoms with Crippen LogP contribution in [0.3, 0.4) is 0 Å². The minimum absolute atomic E-state index is 0.452. The summed E-state index contributed by atoms with van der Waals surface area (Å²) in [6.45, 7) is 3.92. The predicted octanol–water partition coefficient (Wildman–Crippen LogP) is 3.03. The number of rotatable bonds is 6. The van der Waals surface area contributed by atoms with Gasteiger partial charge in [0, 0.05) is 18.0 Å². The largest absolute Gasteiger partial charge is 0.477 e. The number of hydrogen-bond donors (Lipinski definition) is 2. The summed E-state index contributed by atoms with van der Waals surface area (Å²) in [5.41, 5.74) is 1.75. The zero-order valence-electron chi connectivity index (χ0n) is 10.7. The summed E-state index contributed by atoms with van der Waals surface area (Å²) in [6.07, 6.45) is 5.60. The molecule has 1 heterocycles. The maximum Gasteiger partial charge on any atom is 0.345 e. The number of aryl methyl sites for hydroxylation is 1. The molecule has 18 heavy (non-hydrogen) atoms. The van der Waals surface area contributed by atoms with Crippen LogP contribution < -0.4 is 5.32 Å². The number of carbonyl (C=O) groups is 1. The van der Waals surface area contributed by atoms with E-state index < -0.39 is 5.97 Å². The van der Waals surface area contributed by atoms with E-state index in [-0.39, 0.29) is 0 Å². The second-order valence-corrected chi connectivity index (χ2v) is 6.99. The topological polar surface area (TPSA) is 49.3 Å². The summed E-state index contributed by atoms with van der Waals surface area (Å²) in [4.78, 5) is 12.5. The molecule has 0 unspecified atom stereocenters. The minimum Gasteiger partial charge on any atom is -0.477 e. The fourth-order valence-electron chi connectivity index (χ4n) is 2.83. The van der Waals surface area contributed by atoms with Crippen LogP contribution in [0, 0.1) is 18.3 Å². The van der Waals surface area contributed by atoms with Crippen LogP contribution in [0.1, 0.15) is 45.8 Å². The molecule has 0 amide bonds. The molecule has 0 saturated heterocycles. The molecule has 3 nitrogen and oxygen atoms in total. The highest BCUT2D eigenvalue weighted by Gasteiger charge is 2.53. The number of hydrogen-bond acceptors (Lipinski definition) is 3. The number of carboxylic acid groups (broad SMARTS) is 1. The molecule has 0 atom stereocenters. The predicted molar refractivity (Wildman–Crippen MR) is 72.1 cm³/mol. The van der Waals surface area contributed by atoms with Crippen molar-refractivity contribution >= 4 is 17.3 Å². The van der Waals surface area contributed by atoms with Gasteiger partial charge in [0.15, 0.2) is 0 Å². The van der Waals surface area contributed by atoms with Gasteiger partial charge in [-0.05, 0) is 55.6 Å². The highest BCUT2D eigenvalue weighted by atomic mass is 32.1. The molecule has 0 spiro atoms. The van der Waals surface area contributed by atoms with Gasteiger partial charge in [-0.1, -0.05) is 0 Å². The van der Waals surface area contributed by atoms with Gasteiger partial charge in [-0.2, -0.15) is 0 Å². The highest BCUT2D eigenvalue weighted by molar-refractivity contribution is 7.14. The van der Waals surface area contributed by atoms with Crippen LogP contribution in [-0.4, -0.2) is 17.6 Å². The van der Waals surface area contributed by atoms with Gasteiger partial charge in [-0.25, -0.2) is 4.79 Å². The quantitative estimate of drug-likeness (QED) is 0.831. The average Bonchev–Trinajstić information content (AvgIpc) is 3.20. The zero-order valence-corrected chi connectivity index (χ0v) is 11.5. The summed E-state index contributed by atoms with van der Waals surface area (Å²) in [5.74, 6) is 0.161. The van der Waals surface area contributed by atoms with Crippen molar-refractivity contribution in [1.29, 1.82) is 0 Å². The summed E-state index contributed by atoms with van der Waals surface area (Å²) < 4.78 is 0. The first-order valence-electron chi connectivity index (χ1n) is 6.64. The van der Waals surface area contributed by atoms with E-state index in [1.165, 1.54) is 37.0 Å². The van der Waals surface area contributed by atoms with Crippen molar-refractivity contribution < 1.29 is 9.90 Å². The van der Waals surface area contributed by atoms with Crippen LogP contribution in [-0.2, 0) is 6.54 Å². The van der Waals surface area contributed by atoms with Crippen molar-refractivity contribution in [1.82, 2.24) is 5.32 Å². The van der Waals surface area contributed by atoms with Gasteiger partial charge in [-0.15, -0.1) is 11.3 Å². The molecule has 0 radical (unpaired) electrons. The second-order valence-electron chi connectivity index (χ2n) is 5.74. The number of carboxylic acids is 1. The average molecular weight is 265 g/mol. The molecular weight excluding hydrogens is 246 g/mol. The van der Waals surface area contributed by atoms with Crippen molar-refractivity contribution in [3.05, 3.63) is 21.4 Å². The molecule has 98 valence electrons. The van der Waals surface area contributed by atoms with Crippen LogP contribution in [0.4, 0.5) is 0 Å². The van der Waals surface area contributed by atoms with Gasteiger partial charge >= 0.3 is 5.97 Å². The van der Waals surface area contributed by atoms with Crippen molar-refractivity contribution in [2.45, 2.75) is 39.2 Å². The molecule has 2 aliphatic carbocycles. The van der Waals surface area contributed by atoms with Crippen LogP contribution in [0.25, 0.3) is 0 Å². The third-order valence-electron chi connectivity index (χ3n) is 4.36. The Kier molecular flexibility index (Phi) is 2.94. The van der Waals surface area contributed by atoms with Crippen molar-refractivity contribution in [2.24, 2.45) is 11.3 Å². The first kappa shape index (κ1) is 12.2. The fourth-order valence-corrected chi connectivity index (χ4v) is 3.71. The summed E-state index contributed by atoms with van der Waals surface area (Å²) in [7, 11) is 0. The monoisotopic (exact) mass is 265 g/mol. The van der Waals surface area contributed by atoms with Crippen LogP contribution in [0.5, 0.6) is 0 Å². The van der Waals surface area contributed by atoms with Crippen molar-refractivity contribution in [3.63, 3.8) is 0 Å². The maximum absolute atomic E-state index is 10.9. The summed E-state index contributed by atoms with van der Waals surface area (Å²) >= 11 is 1.38. The Balaban J connectivity index is 1.55. The molecule has 2 aliphatic rings. The normalized spacial score (nSPS) is 20.9. The smallest absolute Gasteiger partial charge is 0.345 e. The van der Waals surface area contributed by atoms with Gasteiger partial charge in [0.1, 0.15) is 4.88 Å². The van der Waals surface area contributed by atoms with E-state index in [2.05, 4.69) is 5.32 Å². The van der Waals surface area contributed by atoms with Gasteiger partial charge < -0.3 is 10.4 Å². The lowest BCUT2D eigenvalue weighted by Crippen LogP contribution is -2.25. The van der Waals surface area contributed by atoms with E-state index in [1.807, 2.05) is 13.0 Å². The van der Waals surface area contributed by atoms with E-state index in [9.17, 15) is 4.79 Å². The first-order chi connectivity index (χ1) is 8.61. The molecule has 3 rings (SSSR count). The van der Waals surface area contributed by atoms with Crippen molar-refractivity contribution in [2.75, 3.05) is 6.54 Å². The fraction of sp³-hybridized carbons (Fsp3) is 0.643. The second kappa shape index (κ2) is 4.35. The molecule has 1 aromatic heterocycles. The Labute approximate surface area is 111 Å². The third kappa shape index (κ3) is 2.31. The third-order valence-corrected chi connectivity index (χ3v) is 5.44. The van der Waals surface area contributed by atoms with Crippen molar-refractivity contribution in [3.8, 4) is 0 Å². The van der Waals surface area contributed by atoms with Gasteiger partial charge in [0.2, 0.25) is 0 Å². The first-order valence-corrected chi connectivity index (χ1v) is 7.46. The Hall–Kier alpha value is -0.870. The van der Waals surface area contributed by atoms with Gasteiger partial charge in [0.05, 0.1) is 0 Å². The standard InChI is InChI=1S/C14H19NO2S/c1-9-10(6-12(18-9)13(16)17)7-15-8-14(4-5-14)11-2-3-11/h6,11,15H,2-5,7-8H2,1H3,(H,16,17). The molecule has 2 saturated carbocycles. The van der Waals surface area contributed by atoms with Gasteiger partial charge in [-0.3, -0.25) is 0 Å². The SMILES string of the molecule is Cc1sc(C(=O)O)cc1CNCC1(C2CC2)CC1. The lowest BCUT2D eigenvalue weighted by atomic mass is 10.0. The maximum atomic E-state index is 10.9. The van der Waals surface area contributed by atoms with E-state index in [0.717, 1.165) is 29.4 Å². The lowest BCUT2D eigenvalue weighted by molar-refractivity contribution is 0.0702. The zero-order chi connectivity index (χ0) is 12.8. The molecule has 0 aliphatic heterocycles. The number of thiophene rings is 1. The van der Waals surface area contributed by atoms with Crippen LogP contribution in [0.2, 0.25) is 0 Å². The lowest BCUT2D eigenvalue weighted by Gasteiger charge is -2.14. The molecule has 1 aromatic rings. The van der Waals surface area contributed by atoms with Gasteiger partial charge in [0.25, 0.3) is 0 Å². The van der Waals surface area contributed by atoms with E-state index in [0.29, 0.717) is 10.3 Å². The van der Waals surface area contributed by atoms with Crippen LogP contribution in [0.15, 0.2) is 6.07 Å². The molecule has 0 bridgehead atoms. The number of nitrogens with one attached hydrogen (secondary N) is 1. The highest BCUT2D eigenvalue weighted by Crippen LogP contribution is 2.60. The number of aromatic carboxylic acids is 1.